The van der Waals surface area contributed by atoms with E-state index in [9.17, 15) is 9.59 Å². The summed E-state index contributed by atoms with van der Waals surface area (Å²) in [5, 5.41) is 8.19. The molecular weight excluding hydrogens is 138 g/mol. The van der Waals surface area contributed by atoms with Gasteiger partial charge in [-0.05, 0) is 0 Å². The van der Waals surface area contributed by atoms with Gasteiger partial charge in [0.15, 0.2) is 0 Å². The first-order valence-corrected chi connectivity index (χ1v) is 2.55. The summed E-state index contributed by atoms with van der Waals surface area (Å²) in [7, 11) is 0. The van der Waals surface area contributed by atoms with E-state index < -0.39 is 17.9 Å². The van der Waals surface area contributed by atoms with Crippen molar-refractivity contribution >= 4 is 11.8 Å². The Morgan fingerprint density at radius 3 is 2.10 bits per heavy atom. The predicted molar refractivity (Wildman–Crippen MR) is 31.7 cm³/mol. The van der Waals surface area contributed by atoms with Gasteiger partial charge in [0.05, 0.1) is 6.42 Å². The quantitative estimate of drug-likeness (QED) is 0.334. The molecule has 0 unspecified atom stereocenters. The molecule has 0 rings (SSSR count). The standard InChI is InChI=1S/C4H9N3O3/c5-3(8)1-2(7-10)4(6)9/h2,7,10H,1H2,(H2,5,8)(H2,6,9)/t2-/m0/s1. The van der Waals surface area contributed by atoms with E-state index in [2.05, 4.69) is 0 Å². The van der Waals surface area contributed by atoms with E-state index in [-0.39, 0.29) is 6.42 Å². The Balaban J connectivity index is 3.83. The van der Waals surface area contributed by atoms with Crippen LogP contribution in [0, 0.1) is 0 Å². The fourth-order valence-corrected chi connectivity index (χ4v) is 0.411. The summed E-state index contributed by atoms with van der Waals surface area (Å²) in [5.74, 6) is -1.52. The third kappa shape index (κ3) is 3.00. The van der Waals surface area contributed by atoms with Gasteiger partial charge < -0.3 is 16.7 Å². The molecule has 1 atom stereocenters. The van der Waals surface area contributed by atoms with Crippen molar-refractivity contribution in [1.29, 1.82) is 0 Å². The SMILES string of the molecule is NC(=O)C[C@H](NO)C(N)=O. The highest BCUT2D eigenvalue weighted by Crippen LogP contribution is 1.86. The second-order valence-corrected chi connectivity index (χ2v) is 1.75. The Morgan fingerprint density at radius 2 is 2.00 bits per heavy atom. The van der Waals surface area contributed by atoms with Crippen molar-refractivity contribution in [3.63, 3.8) is 0 Å². The Morgan fingerprint density at radius 1 is 1.50 bits per heavy atom. The van der Waals surface area contributed by atoms with Crippen LogP contribution in [0.1, 0.15) is 6.42 Å². The van der Waals surface area contributed by atoms with Crippen molar-refractivity contribution in [2.75, 3.05) is 0 Å². The van der Waals surface area contributed by atoms with Gasteiger partial charge in [-0.15, -0.1) is 0 Å². The maximum atomic E-state index is 10.3. The Labute approximate surface area is 57.1 Å². The van der Waals surface area contributed by atoms with E-state index in [1.54, 1.807) is 5.48 Å². The average Bonchev–Trinajstić information content (AvgIpc) is 1.81. The molecule has 0 aromatic carbocycles. The molecule has 0 spiro atoms. The van der Waals surface area contributed by atoms with Crippen molar-refractivity contribution in [3.05, 3.63) is 0 Å². The molecule has 0 aliphatic carbocycles. The number of hydrogen-bond donors (Lipinski definition) is 4. The molecule has 0 saturated heterocycles. The maximum absolute atomic E-state index is 10.3. The molecule has 0 radical (unpaired) electrons. The fourth-order valence-electron chi connectivity index (χ4n) is 0.411. The molecule has 0 saturated carbocycles. The van der Waals surface area contributed by atoms with Crippen LogP contribution in [0.2, 0.25) is 0 Å². The van der Waals surface area contributed by atoms with Crippen molar-refractivity contribution in [1.82, 2.24) is 5.48 Å². The molecule has 0 aliphatic rings. The lowest BCUT2D eigenvalue weighted by molar-refractivity contribution is -0.127. The number of carbonyl (C=O) groups excluding carboxylic acids is 2. The molecule has 6 heteroatoms. The molecule has 0 aromatic rings. The summed E-state index contributed by atoms with van der Waals surface area (Å²) in [6.07, 6.45) is -0.300. The topological polar surface area (TPSA) is 118 Å². The summed E-state index contributed by atoms with van der Waals surface area (Å²) >= 11 is 0. The van der Waals surface area contributed by atoms with E-state index in [0.29, 0.717) is 0 Å². The summed E-state index contributed by atoms with van der Waals surface area (Å²) in [6.45, 7) is 0. The highest BCUT2D eigenvalue weighted by Gasteiger charge is 2.15. The van der Waals surface area contributed by atoms with E-state index in [0.717, 1.165) is 0 Å². The molecule has 6 nitrogen and oxygen atoms in total. The number of nitrogens with one attached hydrogen (secondary N) is 1. The summed E-state index contributed by atoms with van der Waals surface area (Å²) in [5.41, 5.74) is 11.0. The monoisotopic (exact) mass is 147 g/mol. The fraction of sp³-hybridized carbons (Fsp3) is 0.500. The highest BCUT2D eigenvalue weighted by atomic mass is 16.5. The molecule has 0 aromatic heterocycles. The second-order valence-electron chi connectivity index (χ2n) is 1.75. The molecule has 0 bridgehead atoms. The highest BCUT2D eigenvalue weighted by molar-refractivity contribution is 5.86. The van der Waals surface area contributed by atoms with Crippen molar-refractivity contribution in [2.45, 2.75) is 12.5 Å². The number of amides is 2. The number of hydrogen-bond acceptors (Lipinski definition) is 4. The van der Waals surface area contributed by atoms with E-state index in [1.165, 1.54) is 0 Å². The van der Waals surface area contributed by atoms with Gasteiger partial charge in [-0.1, -0.05) is 0 Å². The molecule has 0 heterocycles. The van der Waals surface area contributed by atoms with Crippen LogP contribution < -0.4 is 16.9 Å². The number of hydroxylamine groups is 1. The number of primary amides is 2. The lowest BCUT2D eigenvalue weighted by atomic mass is 10.2. The summed E-state index contributed by atoms with van der Waals surface area (Å²) in [6, 6.07) is -1.09. The average molecular weight is 147 g/mol. The second kappa shape index (κ2) is 3.80. The third-order valence-electron chi connectivity index (χ3n) is 0.905. The van der Waals surface area contributed by atoms with Gasteiger partial charge in [0.1, 0.15) is 6.04 Å². The largest absolute Gasteiger partial charge is 0.370 e. The van der Waals surface area contributed by atoms with Crippen LogP contribution in [0.5, 0.6) is 0 Å². The van der Waals surface area contributed by atoms with Crippen LogP contribution in [0.15, 0.2) is 0 Å². The molecule has 6 N–H and O–H groups in total. The predicted octanol–water partition coefficient (Wildman–Crippen LogP) is -2.31. The van der Waals surface area contributed by atoms with Crippen LogP contribution in [-0.4, -0.2) is 23.1 Å². The maximum Gasteiger partial charge on any atom is 0.237 e. The Kier molecular flexibility index (Phi) is 3.37. The van der Waals surface area contributed by atoms with Crippen molar-refractivity contribution in [2.24, 2.45) is 11.5 Å². The summed E-state index contributed by atoms with van der Waals surface area (Å²) < 4.78 is 0. The number of rotatable bonds is 4. The van der Waals surface area contributed by atoms with Crippen molar-refractivity contribution in [3.8, 4) is 0 Å². The molecule has 58 valence electrons. The van der Waals surface area contributed by atoms with Gasteiger partial charge >= 0.3 is 0 Å². The van der Waals surface area contributed by atoms with E-state index >= 15 is 0 Å². The van der Waals surface area contributed by atoms with Crippen LogP contribution in [0.3, 0.4) is 0 Å². The zero-order valence-corrected chi connectivity index (χ0v) is 5.20. The lowest BCUT2D eigenvalue weighted by Crippen LogP contribution is -2.42. The number of nitrogens with two attached hydrogens (primary N) is 2. The zero-order chi connectivity index (χ0) is 8.15. The molecular formula is C4H9N3O3. The van der Waals surface area contributed by atoms with Gasteiger partial charge in [-0.3, -0.25) is 9.59 Å². The van der Waals surface area contributed by atoms with Crippen LogP contribution >= 0.6 is 0 Å². The Hall–Kier alpha value is -1.14. The van der Waals surface area contributed by atoms with Crippen LogP contribution in [0.4, 0.5) is 0 Å². The zero-order valence-electron chi connectivity index (χ0n) is 5.20. The van der Waals surface area contributed by atoms with Gasteiger partial charge in [0.2, 0.25) is 11.8 Å². The normalized spacial score (nSPS) is 12.5. The molecule has 0 fully saturated rings. The third-order valence-corrected chi connectivity index (χ3v) is 0.905. The molecule has 0 aliphatic heterocycles. The van der Waals surface area contributed by atoms with Crippen molar-refractivity contribution < 1.29 is 14.8 Å². The minimum absolute atomic E-state index is 0.300. The first-order chi connectivity index (χ1) is 4.57. The number of carbonyl (C=O) groups is 2. The first kappa shape index (κ1) is 8.86. The lowest BCUT2D eigenvalue weighted by Gasteiger charge is -2.06. The van der Waals surface area contributed by atoms with Gasteiger partial charge in [0, 0.05) is 0 Å². The van der Waals surface area contributed by atoms with E-state index in [4.69, 9.17) is 16.7 Å². The van der Waals surface area contributed by atoms with Gasteiger partial charge in [-0.25, -0.2) is 0 Å². The first-order valence-electron chi connectivity index (χ1n) is 2.55. The molecule has 2 amide bonds. The van der Waals surface area contributed by atoms with Gasteiger partial charge in [0.25, 0.3) is 0 Å². The summed E-state index contributed by atoms with van der Waals surface area (Å²) in [4.78, 5) is 20.4. The minimum atomic E-state index is -1.09. The van der Waals surface area contributed by atoms with Crippen LogP contribution in [-0.2, 0) is 9.59 Å². The Bertz CT molecular complexity index is 147. The smallest absolute Gasteiger partial charge is 0.237 e. The van der Waals surface area contributed by atoms with Gasteiger partial charge in [-0.2, -0.15) is 5.48 Å². The minimum Gasteiger partial charge on any atom is -0.370 e. The van der Waals surface area contributed by atoms with Crippen LogP contribution in [0.25, 0.3) is 0 Å². The van der Waals surface area contributed by atoms with E-state index in [1.807, 2.05) is 0 Å². The molecule has 10 heavy (non-hydrogen) atoms.